The lowest BCUT2D eigenvalue weighted by molar-refractivity contribution is -0.567. The zero-order chi connectivity index (χ0) is 15.1. The number of rotatable bonds is 7. The molecule has 1 rings (SSSR count). The smallest absolute Gasteiger partial charge is 0.359 e. The monoisotopic (exact) mass is 282 g/mol. The maximum atomic E-state index is 11.3. The van der Waals surface area contributed by atoms with E-state index in [9.17, 15) is 25.0 Å². The van der Waals surface area contributed by atoms with E-state index in [1.54, 1.807) is 6.92 Å². The third kappa shape index (κ3) is 4.63. The van der Waals surface area contributed by atoms with Crippen LogP contribution in [0.1, 0.15) is 25.3 Å². The predicted octanol–water partition coefficient (Wildman–Crippen LogP) is 2.08. The molecule has 0 N–H and O–H groups in total. The molecule has 1 atom stereocenters. The Bertz CT molecular complexity index is 499. The van der Waals surface area contributed by atoms with E-state index >= 15 is 0 Å². The molecule has 0 saturated carbocycles. The van der Waals surface area contributed by atoms with Crippen molar-refractivity contribution in [3.63, 3.8) is 0 Å². The second kappa shape index (κ2) is 7.17. The van der Waals surface area contributed by atoms with Gasteiger partial charge in [-0.1, -0.05) is 19.1 Å². The summed E-state index contributed by atoms with van der Waals surface area (Å²) in [6.45, 7) is 1.76. The molecule has 0 aliphatic carbocycles. The fourth-order valence-corrected chi connectivity index (χ4v) is 1.53. The highest BCUT2D eigenvalue weighted by molar-refractivity contribution is 5.69. The molecule has 108 valence electrons. The van der Waals surface area contributed by atoms with E-state index in [4.69, 9.17) is 4.74 Å². The van der Waals surface area contributed by atoms with Crippen molar-refractivity contribution in [1.29, 1.82) is 0 Å². The largest absolute Gasteiger partial charge is 0.398 e. The summed E-state index contributed by atoms with van der Waals surface area (Å²) in [6.07, 6.45) is -0.943. The first-order valence-corrected chi connectivity index (χ1v) is 6.00. The lowest BCUT2D eigenvalue weighted by atomic mass is 10.1. The van der Waals surface area contributed by atoms with E-state index in [1.807, 2.05) is 0 Å². The van der Waals surface area contributed by atoms with Gasteiger partial charge in [-0.05, 0) is 12.0 Å². The van der Waals surface area contributed by atoms with Crippen LogP contribution in [-0.2, 0) is 16.0 Å². The van der Waals surface area contributed by atoms with Crippen LogP contribution in [0.4, 0.5) is 5.69 Å². The molecule has 0 fully saturated rings. The van der Waals surface area contributed by atoms with E-state index in [1.165, 1.54) is 24.3 Å². The van der Waals surface area contributed by atoms with Crippen molar-refractivity contribution in [3.8, 4) is 0 Å². The lowest BCUT2D eigenvalue weighted by Crippen LogP contribution is -2.28. The number of hydrogen-bond donors (Lipinski definition) is 0. The molecule has 20 heavy (non-hydrogen) atoms. The summed E-state index contributed by atoms with van der Waals surface area (Å²) >= 11 is 0. The minimum Gasteiger partial charge on any atom is -0.398 e. The highest BCUT2D eigenvalue weighted by Gasteiger charge is 2.25. The van der Waals surface area contributed by atoms with E-state index in [-0.39, 0.29) is 18.5 Å². The van der Waals surface area contributed by atoms with E-state index < -0.39 is 22.0 Å². The number of nitrogens with zero attached hydrogens (tertiary/aromatic N) is 2. The normalized spacial score (nSPS) is 11.7. The second-order valence-corrected chi connectivity index (χ2v) is 4.11. The standard InChI is InChI=1S/C12H14N2O6/c1-2-3-12(15)20-11(14(18)19)8-9-4-6-10(7-5-9)13(16)17/h4-7,11H,2-3,8H2,1H3. The summed E-state index contributed by atoms with van der Waals surface area (Å²) in [5, 5.41) is 21.3. The van der Waals surface area contributed by atoms with Crippen LogP contribution in [0.15, 0.2) is 24.3 Å². The SMILES string of the molecule is CCCC(=O)OC(Cc1ccc([N+](=O)[O-])cc1)[N+](=O)[O-]. The summed E-state index contributed by atoms with van der Waals surface area (Å²) in [5.41, 5.74) is 0.385. The number of carbonyl (C=O) groups excluding carboxylic acids is 1. The third-order valence-corrected chi connectivity index (χ3v) is 2.51. The summed E-state index contributed by atoms with van der Waals surface area (Å²) in [4.78, 5) is 31.4. The lowest BCUT2D eigenvalue weighted by Gasteiger charge is -2.10. The summed E-state index contributed by atoms with van der Waals surface area (Å²) in [6, 6.07) is 5.31. The molecule has 0 spiro atoms. The van der Waals surface area contributed by atoms with Crippen molar-refractivity contribution in [2.24, 2.45) is 0 Å². The molecule has 0 aromatic heterocycles. The van der Waals surface area contributed by atoms with E-state index in [0.717, 1.165) is 0 Å². The van der Waals surface area contributed by atoms with Gasteiger partial charge in [0.05, 0.1) is 16.3 Å². The molecular weight excluding hydrogens is 268 g/mol. The Morgan fingerprint density at radius 1 is 1.25 bits per heavy atom. The molecule has 0 saturated heterocycles. The van der Waals surface area contributed by atoms with Gasteiger partial charge >= 0.3 is 12.2 Å². The fraction of sp³-hybridized carbons (Fsp3) is 0.417. The van der Waals surface area contributed by atoms with Crippen molar-refractivity contribution in [2.45, 2.75) is 32.4 Å². The Hall–Kier alpha value is -2.51. The van der Waals surface area contributed by atoms with Gasteiger partial charge in [0.15, 0.2) is 0 Å². The van der Waals surface area contributed by atoms with Crippen molar-refractivity contribution in [1.82, 2.24) is 0 Å². The third-order valence-electron chi connectivity index (χ3n) is 2.51. The van der Waals surface area contributed by atoms with Gasteiger partial charge in [0.25, 0.3) is 5.69 Å². The number of non-ortho nitro benzene ring substituents is 1. The quantitative estimate of drug-likeness (QED) is 0.327. The minimum absolute atomic E-state index is 0.102. The van der Waals surface area contributed by atoms with Crippen LogP contribution in [0.25, 0.3) is 0 Å². The average Bonchev–Trinajstić information content (AvgIpc) is 2.38. The first-order chi connectivity index (χ1) is 9.43. The van der Waals surface area contributed by atoms with Crippen molar-refractivity contribution < 1.29 is 19.4 Å². The maximum Gasteiger partial charge on any atom is 0.359 e. The number of carbonyl (C=O) groups is 1. The zero-order valence-electron chi connectivity index (χ0n) is 10.9. The van der Waals surface area contributed by atoms with Crippen molar-refractivity contribution >= 4 is 11.7 Å². The summed E-state index contributed by atoms with van der Waals surface area (Å²) in [5.74, 6) is -0.629. The topological polar surface area (TPSA) is 113 Å². The van der Waals surface area contributed by atoms with Crippen LogP contribution in [0.2, 0.25) is 0 Å². The van der Waals surface area contributed by atoms with Gasteiger partial charge in [0.2, 0.25) is 0 Å². The van der Waals surface area contributed by atoms with Gasteiger partial charge in [-0.3, -0.25) is 25.0 Å². The predicted molar refractivity (Wildman–Crippen MR) is 68.6 cm³/mol. The maximum absolute atomic E-state index is 11.3. The van der Waals surface area contributed by atoms with Gasteiger partial charge in [-0.25, -0.2) is 0 Å². The van der Waals surface area contributed by atoms with Gasteiger partial charge in [-0.15, -0.1) is 0 Å². The molecule has 1 aromatic rings. The van der Waals surface area contributed by atoms with Crippen LogP contribution >= 0.6 is 0 Å². The highest BCUT2D eigenvalue weighted by atomic mass is 16.7. The molecule has 0 heterocycles. The van der Waals surface area contributed by atoms with Crippen LogP contribution in [0, 0.1) is 20.2 Å². The van der Waals surface area contributed by atoms with Gasteiger partial charge < -0.3 is 4.74 Å². The Labute approximate surface area is 114 Å². The Morgan fingerprint density at radius 3 is 2.30 bits per heavy atom. The molecule has 0 aliphatic heterocycles. The number of esters is 1. The molecule has 1 unspecified atom stereocenters. The molecular formula is C12H14N2O6. The molecule has 0 aliphatic rings. The van der Waals surface area contributed by atoms with Crippen LogP contribution < -0.4 is 0 Å². The second-order valence-electron chi connectivity index (χ2n) is 4.11. The van der Waals surface area contributed by atoms with Crippen molar-refractivity contribution in [2.75, 3.05) is 0 Å². The highest BCUT2D eigenvalue weighted by Crippen LogP contribution is 2.14. The molecule has 8 nitrogen and oxygen atoms in total. The Balaban J connectivity index is 2.72. The van der Waals surface area contributed by atoms with Gasteiger partial charge in [0, 0.05) is 18.6 Å². The van der Waals surface area contributed by atoms with E-state index in [2.05, 4.69) is 0 Å². The molecule has 0 bridgehead atoms. The minimum atomic E-state index is -1.48. The van der Waals surface area contributed by atoms with Gasteiger partial charge in [0.1, 0.15) is 0 Å². The molecule has 8 heteroatoms. The average molecular weight is 282 g/mol. The first kappa shape index (κ1) is 15.5. The molecule has 0 amide bonds. The number of nitro benzene ring substituents is 1. The summed E-state index contributed by atoms with van der Waals surface area (Å²) < 4.78 is 4.76. The molecule has 0 radical (unpaired) electrons. The zero-order valence-corrected chi connectivity index (χ0v) is 10.9. The summed E-state index contributed by atoms with van der Waals surface area (Å²) in [7, 11) is 0. The first-order valence-electron chi connectivity index (χ1n) is 6.00. The van der Waals surface area contributed by atoms with E-state index in [0.29, 0.717) is 12.0 Å². The molecule has 1 aromatic carbocycles. The van der Waals surface area contributed by atoms with Crippen molar-refractivity contribution in [3.05, 3.63) is 50.1 Å². The Morgan fingerprint density at radius 2 is 1.85 bits per heavy atom. The number of ether oxygens (including phenoxy) is 1. The van der Waals surface area contributed by atoms with Crippen LogP contribution in [-0.4, -0.2) is 22.0 Å². The fourth-order valence-electron chi connectivity index (χ4n) is 1.53. The van der Waals surface area contributed by atoms with Crippen LogP contribution in [0.5, 0.6) is 0 Å². The van der Waals surface area contributed by atoms with Gasteiger partial charge in [-0.2, -0.15) is 0 Å². The Kier molecular flexibility index (Phi) is 5.57. The van der Waals surface area contributed by atoms with Crippen LogP contribution in [0.3, 0.4) is 0 Å². The number of benzene rings is 1. The number of nitro groups is 2. The number of hydrogen-bond acceptors (Lipinski definition) is 6.